The smallest absolute Gasteiger partial charge is 0.228 e. The summed E-state index contributed by atoms with van der Waals surface area (Å²) in [5, 5.41) is 3.36. The maximum atomic E-state index is 12.5. The van der Waals surface area contributed by atoms with Crippen LogP contribution in [0.4, 0.5) is 5.69 Å². The minimum atomic E-state index is -0.188. The lowest BCUT2D eigenvalue weighted by atomic mass is 10.2. The monoisotopic (exact) mass is 562 g/mol. The van der Waals surface area contributed by atoms with E-state index in [0.29, 0.717) is 32.7 Å². The van der Waals surface area contributed by atoms with Crippen LogP contribution >= 0.6 is 51.5 Å². The second kappa shape index (κ2) is 11.2. The molecule has 0 aliphatic heterocycles. The SMILES string of the molecule is CC(=O)NCCC(=O)N(C)c1ccc(Cl)c(COc2cccn3c(Br)c(C)nc23)c1Cl.Cl. The van der Waals surface area contributed by atoms with Gasteiger partial charge in [-0.15, -0.1) is 12.4 Å². The molecule has 0 spiro atoms. The second-order valence-electron chi connectivity index (χ2n) is 6.89. The van der Waals surface area contributed by atoms with Crippen molar-refractivity contribution in [2.75, 3.05) is 18.5 Å². The largest absolute Gasteiger partial charge is 0.485 e. The van der Waals surface area contributed by atoms with Crippen molar-refractivity contribution in [1.29, 1.82) is 0 Å². The van der Waals surface area contributed by atoms with Crippen LogP contribution in [0.5, 0.6) is 5.75 Å². The van der Waals surface area contributed by atoms with Crippen LogP contribution in [0.2, 0.25) is 10.0 Å². The number of hydrogen-bond acceptors (Lipinski definition) is 4. The van der Waals surface area contributed by atoms with Gasteiger partial charge in [-0.2, -0.15) is 0 Å². The maximum absolute atomic E-state index is 12.5. The molecule has 0 saturated carbocycles. The van der Waals surface area contributed by atoms with E-state index >= 15 is 0 Å². The lowest BCUT2D eigenvalue weighted by Crippen LogP contribution is -2.31. The van der Waals surface area contributed by atoms with E-state index in [2.05, 4.69) is 26.2 Å². The van der Waals surface area contributed by atoms with Crippen molar-refractivity contribution in [3.05, 3.63) is 56.4 Å². The van der Waals surface area contributed by atoms with Gasteiger partial charge in [-0.05, 0) is 47.1 Å². The van der Waals surface area contributed by atoms with Crippen LogP contribution in [-0.4, -0.2) is 34.8 Å². The van der Waals surface area contributed by atoms with Gasteiger partial charge >= 0.3 is 0 Å². The number of carbonyl (C=O) groups is 2. The Hall–Kier alpha value is -2.00. The quantitative estimate of drug-likeness (QED) is 0.428. The van der Waals surface area contributed by atoms with Gasteiger partial charge in [-0.3, -0.25) is 14.0 Å². The lowest BCUT2D eigenvalue weighted by molar-refractivity contribution is -0.119. The summed E-state index contributed by atoms with van der Waals surface area (Å²) in [4.78, 5) is 29.4. The number of rotatable bonds is 7. The first-order chi connectivity index (χ1) is 14.7. The average molecular weight is 565 g/mol. The molecule has 32 heavy (non-hydrogen) atoms. The molecule has 0 aliphatic rings. The predicted octanol–water partition coefficient (Wildman–Crippen LogP) is 5.20. The number of benzene rings is 1. The summed E-state index contributed by atoms with van der Waals surface area (Å²) >= 11 is 16.5. The van der Waals surface area contributed by atoms with E-state index in [1.807, 2.05) is 29.7 Å². The highest BCUT2D eigenvalue weighted by molar-refractivity contribution is 9.10. The minimum absolute atomic E-state index is 0. The van der Waals surface area contributed by atoms with Crippen molar-refractivity contribution in [1.82, 2.24) is 14.7 Å². The van der Waals surface area contributed by atoms with Crippen LogP contribution < -0.4 is 15.0 Å². The Balaban J connectivity index is 0.00000363. The number of amides is 2. The van der Waals surface area contributed by atoms with Gasteiger partial charge in [-0.1, -0.05) is 23.2 Å². The fraction of sp³-hybridized carbons (Fsp3) is 0.286. The van der Waals surface area contributed by atoms with Crippen LogP contribution in [0.1, 0.15) is 24.6 Å². The molecule has 2 amide bonds. The Morgan fingerprint density at radius 2 is 2.00 bits per heavy atom. The molecule has 0 bridgehead atoms. The Labute approximate surface area is 210 Å². The topological polar surface area (TPSA) is 75.9 Å². The highest BCUT2D eigenvalue weighted by Crippen LogP contribution is 2.35. The first-order valence-corrected chi connectivity index (χ1v) is 11.0. The number of halogens is 4. The number of aryl methyl sites for hydroxylation is 1. The number of ether oxygens (including phenoxy) is 1. The predicted molar refractivity (Wildman–Crippen MR) is 132 cm³/mol. The van der Waals surface area contributed by atoms with Gasteiger partial charge in [0.2, 0.25) is 11.8 Å². The standard InChI is InChI=1S/C21H21BrCl2N4O3.ClH/c1-12-20(22)28-10-4-5-17(21(28)26-12)31-11-14-15(23)6-7-16(19(14)24)27(3)18(30)8-9-25-13(2)29;/h4-7,10H,8-9,11H2,1-3H3,(H,25,29);1H. The molecule has 0 aliphatic carbocycles. The molecule has 0 radical (unpaired) electrons. The first-order valence-electron chi connectivity index (χ1n) is 9.44. The number of carbonyl (C=O) groups excluding carboxylic acids is 2. The minimum Gasteiger partial charge on any atom is -0.485 e. The van der Waals surface area contributed by atoms with Crippen molar-refractivity contribution in [3.63, 3.8) is 0 Å². The molecule has 11 heteroatoms. The van der Waals surface area contributed by atoms with Crippen LogP contribution in [0.25, 0.3) is 5.65 Å². The number of imidazole rings is 1. The molecule has 172 valence electrons. The number of hydrogen-bond donors (Lipinski definition) is 1. The molecule has 0 atom stereocenters. The van der Waals surface area contributed by atoms with Gasteiger partial charge < -0.3 is 15.0 Å². The number of nitrogens with one attached hydrogen (secondary N) is 1. The van der Waals surface area contributed by atoms with Crippen molar-refractivity contribution >= 4 is 74.7 Å². The number of aromatic nitrogens is 2. The van der Waals surface area contributed by atoms with E-state index < -0.39 is 0 Å². The number of nitrogens with zero attached hydrogens (tertiary/aromatic N) is 3. The summed E-state index contributed by atoms with van der Waals surface area (Å²) in [7, 11) is 1.63. The van der Waals surface area contributed by atoms with Gasteiger partial charge in [0.25, 0.3) is 0 Å². The number of pyridine rings is 1. The van der Waals surface area contributed by atoms with Crippen LogP contribution in [-0.2, 0) is 16.2 Å². The molecular formula is C21H22BrCl3N4O3. The summed E-state index contributed by atoms with van der Waals surface area (Å²) in [6.07, 6.45) is 2.03. The van der Waals surface area contributed by atoms with Gasteiger partial charge in [0.1, 0.15) is 11.2 Å². The van der Waals surface area contributed by atoms with E-state index in [4.69, 9.17) is 27.9 Å². The number of anilines is 1. The molecule has 0 saturated heterocycles. The molecule has 2 aromatic heterocycles. The van der Waals surface area contributed by atoms with Crippen LogP contribution in [0, 0.1) is 6.92 Å². The third kappa shape index (κ3) is 5.67. The second-order valence-corrected chi connectivity index (χ2v) is 8.42. The fourth-order valence-electron chi connectivity index (χ4n) is 3.01. The molecule has 3 aromatic rings. The summed E-state index contributed by atoms with van der Waals surface area (Å²) in [6, 6.07) is 7.03. The highest BCUT2D eigenvalue weighted by atomic mass is 79.9. The van der Waals surface area contributed by atoms with Gasteiger partial charge in [0.05, 0.1) is 16.4 Å². The Morgan fingerprint density at radius 3 is 2.69 bits per heavy atom. The maximum Gasteiger partial charge on any atom is 0.228 e. The molecular weight excluding hydrogens is 543 g/mol. The Bertz CT molecular complexity index is 1150. The zero-order valence-corrected chi connectivity index (χ0v) is 21.5. The van der Waals surface area contributed by atoms with Crippen molar-refractivity contribution in [3.8, 4) is 5.75 Å². The Kier molecular flexibility index (Phi) is 9.21. The van der Waals surface area contributed by atoms with Crippen molar-refractivity contribution < 1.29 is 14.3 Å². The Morgan fingerprint density at radius 1 is 1.28 bits per heavy atom. The average Bonchev–Trinajstić information content (AvgIpc) is 3.02. The number of fused-ring (bicyclic) bond motifs is 1. The zero-order valence-electron chi connectivity index (χ0n) is 17.6. The molecule has 7 nitrogen and oxygen atoms in total. The highest BCUT2D eigenvalue weighted by Gasteiger charge is 2.19. The zero-order chi connectivity index (χ0) is 22.7. The summed E-state index contributed by atoms with van der Waals surface area (Å²) in [5.74, 6) is 0.204. The fourth-order valence-corrected chi connectivity index (χ4v) is 4.00. The molecule has 2 heterocycles. The van der Waals surface area contributed by atoms with Crippen molar-refractivity contribution in [2.45, 2.75) is 26.9 Å². The van der Waals surface area contributed by atoms with Gasteiger partial charge in [0.15, 0.2) is 11.4 Å². The molecule has 1 N–H and O–H groups in total. The van der Waals surface area contributed by atoms with E-state index in [1.165, 1.54) is 11.8 Å². The van der Waals surface area contributed by atoms with Crippen LogP contribution in [0.3, 0.4) is 0 Å². The normalized spacial score (nSPS) is 10.6. The van der Waals surface area contributed by atoms with E-state index in [1.54, 1.807) is 19.2 Å². The molecule has 3 rings (SSSR count). The first kappa shape index (κ1) is 26.3. The summed E-state index contributed by atoms with van der Waals surface area (Å²) in [6.45, 7) is 3.66. The lowest BCUT2D eigenvalue weighted by Gasteiger charge is -2.21. The molecule has 1 aromatic carbocycles. The van der Waals surface area contributed by atoms with Gasteiger partial charge in [0, 0.05) is 43.7 Å². The molecule has 0 unspecified atom stereocenters. The van der Waals surface area contributed by atoms with Crippen molar-refractivity contribution in [2.24, 2.45) is 0 Å². The third-order valence-electron chi connectivity index (χ3n) is 4.70. The third-order valence-corrected chi connectivity index (χ3v) is 6.43. The van der Waals surface area contributed by atoms with E-state index in [-0.39, 0.29) is 43.8 Å². The molecule has 0 fully saturated rings. The van der Waals surface area contributed by atoms with Gasteiger partial charge in [-0.25, -0.2) is 4.98 Å². The summed E-state index contributed by atoms with van der Waals surface area (Å²) in [5.41, 5.74) is 2.58. The van der Waals surface area contributed by atoms with E-state index in [9.17, 15) is 9.59 Å². The summed E-state index contributed by atoms with van der Waals surface area (Å²) < 4.78 is 8.73. The van der Waals surface area contributed by atoms with E-state index in [0.717, 1.165) is 10.3 Å². The van der Waals surface area contributed by atoms with Crippen LogP contribution in [0.15, 0.2) is 35.1 Å².